The Morgan fingerprint density at radius 2 is 1.82 bits per heavy atom. The second kappa shape index (κ2) is 14.5. The number of carbonyl (C=O) groups excluding carboxylic acids is 1. The van der Waals surface area contributed by atoms with Crippen molar-refractivity contribution in [2.75, 3.05) is 20.8 Å². The van der Waals surface area contributed by atoms with Gasteiger partial charge in [-0.15, -0.1) is 0 Å². The highest BCUT2D eigenvalue weighted by Crippen LogP contribution is 2.43. The fourth-order valence-electron chi connectivity index (χ4n) is 5.73. The van der Waals surface area contributed by atoms with Crippen LogP contribution < -0.4 is 16.2 Å². The molecule has 1 amide bonds. The van der Waals surface area contributed by atoms with Gasteiger partial charge in [-0.25, -0.2) is 14.5 Å². The topological polar surface area (TPSA) is 155 Å². The van der Waals surface area contributed by atoms with Crippen molar-refractivity contribution >= 4 is 28.5 Å². The molecule has 1 aromatic carbocycles. The number of halogens is 2. The molecule has 0 bridgehead atoms. The number of imidazole rings is 1. The summed E-state index contributed by atoms with van der Waals surface area (Å²) in [5.74, 6) is 0.591. The number of aromatic amines is 1. The number of nitrogens with two attached hydrogens (primary N) is 1. The molecular weight excluding hydrogens is 588 g/mol. The molecule has 14 heteroatoms. The number of aliphatic hydroxyl groups excluding tert-OH is 1. The minimum absolute atomic E-state index is 0.0811. The van der Waals surface area contributed by atoms with Crippen molar-refractivity contribution < 1.29 is 28.2 Å². The predicted octanol–water partition coefficient (Wildman–Crippen LogP) is 4.69. The summed E-state index contributed by atoms with van der Waals surface area (Å²) in [6.45, 7) is 0.723. The Morgan fingerprint density at radius 1 is 1.20 bits per heavy atom. The molecule has 5 aromatic rings. The van der Waals surface area contributed by atoms with Crippen LogP contribution in [-0.2, 0) is 16.6 Å². The van der Waals surface area contributed by atoms with Gasteiger partial charge in [-0.1, -0.05) is 25.0 Å². The van der Waals surface area contributed by atoms with E-state index in [-0.39, 0.29) is 24.7 Å². The minimum atomic E-state index is -2.78. The number of alkyl halides is 2. The summed E-state index contributed by atoms with van der Waals surface area (Å²) in [6.07, 6.45) is 6.64. The lowest BCUT2D eigenvalue weighted by Crippen LogP contribution is -2.24. The average molecular weight is 628 g/mol. The van der Waals surface area contributed by atoms with Crippen molar-refractivity contribution in [3.8, 4) is 28.1 Å². The molecule has 45 heavy (non-hydrogen) atoms. The van der Waals surface area contributed by atoms with Gasteiger partial charge in [0.15, 0.2) is 0 Å². The Kier molecular flexibility index (Phi) is 10.7. The van der Waals surface area contributed by atoms with Gasteiger partial charge in [0.2, 0.25) is 6.41 Å². The number of H-pyrrole nitrogens is 1. The fraction of sp³-hybridized carbons (Fsp3) is 0.419. The number of hydrogen-bond acceptors (Lipinski definition) is 7. The lowest BCUT2D eigenvalue weighted by atomic mass is 9.98. The van der Waals surface area contributed by atoms with Gasteiger partial charge in [0.05, 0.1) is 40.1 Å². The Morgan fingerprint density at radius 3 is 2.38 bits per heavy atom. The average Bonchev–Trinajstić information content (AvgIpc) is 3.79. The number of benzene rings is 1. The molecule has 12 nitrogen and oxygen atoms in total. The third-order valence-corrected chi connectivity index (χ3v) is 7.58. The van der Waals surface area contributed by atoms with Crippen LogP contribution in [-0.4, -0.2) is 67.3 Å². The van der Waals surface area contributed by atoms with Crippen LogP contribution in [0.2, 0.25) is 0 Å². The van der Waals surface area contributed by atoms with Gasteiger partial charge >= 0.3 is 12.2 Å². The smallest absolute Gasteiger partial charge is 0.333 e. The predicted molar refractivity (Wildman–Crippen MR) is 167 cm³/mol. The zero-order valence-corrected chi connectivity index (χ0v) is 26.0. The standard InChI is InChI=1S/C28H30F2N6O3.C2H6O.CH3NO/c1-15(37)14-39-19-10-8-17(9-11-19)22-23-25-21(34(3)28(38)36(25)18-6-4-5-7-18)12-31-26(23)32-24(22)20-13-35(27(29)30)33-16(20)2;1-3-2;2-1-3/h8-13,15,18,27,37H,4-7,14H2,1-3H3,(H,31,32);1-2H3;1H,(H2,2,3). The molecular formula is C31H39F2N7O5. The molecule has 4 heterocycles. The monoisotopic (exact) mass is 627 g/mol. The summed E-state index contributed by atoms with van der Waals surface area (Å²) in [4.78, 5) is 30.1. The number of nitrogens with one attached hydrogen (secondary N) is 1. The van der Waals surface area contributed by atoms with E-state index in [2.05, 4.69) is 25.5 Å². The molecule has 242 valence electrons. The number of pyridine rings is 1. The first-order valence-electron chi connectivity index (χ1n) is 14.5. The maximum absolute atomic E-state index is 13.6. The molecule has 1 saturated carbocycles. The number of ether oxygens (including phenoxy) is 2. The van der Waals surface area contributed by atoms with Gasteiger partial charge in [-0.3, -0.25) is 13.9 Å². The van der Waals surface area contributed by atoms with Crippen molar-refractivity contribution in [1.29, 1.82) is 0 Å². The molecule has 1 aliphatic rings. The Labute approximate surface area is 258 Å². The molecule has 1 atom stereocenters. The number of aromatic nitrogens is 6. The molecule has 0 saturated heterocycles. The maximum Gasteiger partial charge on any atom is 0.333 e. The number of rotatable bonds is 7. The lowest BCUT2D eigenvalue weighted by molar-refractivity contribution is -0.106. The van der Waals surface area contributed by atoms with E-state index in [1.807, 2.05) is 16.7 Å². The number of methoxy groups -OCH3 is 1. The van der Waals surface area contributed by atoms with Crippen molar-refractivity contribution in [3.05, 3.63) is 52.8 Å². The second-order valence-electron chi connectivity index (χ2n) is 10.9. The number of aliphatic hydroxyl groups is 1. The largest absolute Gasteiger partial charge is 0.491 e. The van der Waals surface area contributed by atoms with E-state index in [1.54, 1.807) is 58.0 Å². The van der Waals surface area contributed by atoms with Crippen LogP contribution >= 0.6 is 0 Å². The summed E-state index contributed by atoms with van der Waals surface area (Å²) in [5.41, 5.74) is 9.24. The lowest BCUT2D eigenvalue weighted by Gasteiger charge is -2.13. The molecule has 0 spiro atoms. The van der Waals surface area contributed by atoms with Crippen LogP contribution in [0.4, 0.5) is 8.78 Å². The zero-order chi connectivity index (χ0) is 32.8. The van der Waals surface area contributed by atoms with Crippen molar-refractivity contribution in [2.45, 2.75) is 58.2 Å². The van der Waals surface area contributed by atoms with Crippen LogP contribution in [0, 0.1) is 6.92 Å². The third kappa shape index (κ3) is 6.76. The van der Waals surface area contributed by atoms with Gasteiger partial charge < -0.3 is 25.3 Å². The molecule has 1 unspecified atom stereocenters. The first-order chi connectivity index (χ1) is 21.6. The van der Waals surface area contributed by atoms with Gasteiger partial charge in [0, 0.05) is 44.6 Å². The van der Waals surface area contributed by atoms with Crippen LogP contribution in [0.3, 0.4) is 0 Å². The highest BCUT2D eigenvalue weighted by Gasteiger charge is 2.28. The molecule has 0 radical (unpaired) electrons. The maximum atomic E-state index is 13.6. The first-order valence-corrected chi connectivity index (χ1v) is 14.5. The van der Waals surface area contributed by atoms with Gasteiger partial charge in [-0.2, -0.15) is 13.9 Å². The third-order valence-electron chi connectivity index (χ3n) is 7.58. The number of aryl methyl sites for hydroxylation is 2. The molecule has 4 aromatic heterocycles. The number of primary amides is 1. The van der Waals surface area contributed by atoms with Gasteiger partial charge in [0.25, 0.3) is 0 Å². The highest BCUT2D eigenvalue weighted by molar-refractivity contribution is 6.14. The van der Waals surface area contributed by atoms with Crippen LogP contribution in [0.25, 0.3) is 44.5 Å². The summed E-state index contributed by atoms with van der Waals surface area (Å²) < 4.78 is 41.2. The van der Waals surface area contributed by atoms with Crippen molar-refractivity contribution in [2.24, 2.45) is 12.8 Å². The molecule has 4 N–H and O–H groups in total. The summed E-state index contributed by atoms with van der Waals surface area (Å²) in [5, 5.41) is 14.4. The van der Waals surface area contributed by atoms with Crippen molar-refractivity contribution in [3.63, 3.8) is 0 Å². The number of nitrogens with zero attached hydrogens (tertiary/aromatic N) is 5. The van der Waals surface area contributed by atoms with Crippen LogP contribution in [0.15, 0.2) is 41.5 Å². The van der Waals surface area contributed by atoms with Crippen LogP contribution in [0.5, 0.6) is 5.75 Å². The van der Waals surface area contributed by atoms with Gasteiger partial charge in [-0.05, 0) is 44.4 Å². The second-order valence-corrected chi connectivity index (χ2v) is 10.9. The normalized spacial score (nSPS) is 13.9. The number of hydrogen-bond donors (Lipinski definition) is 3. The van der Waals surface area contributed by atoms with Gasteiger partial charge in [0.1, 0.15) is 18.0 Å². The van der Waals surface area contributed by atoms with E-state index >= 15 is 0 Å². The van der Waals surface area contributed by atoms with E-state index < -0.39 is 12.7 Å². The number of carbonyl (C=O) groups is 1. The molecule has 0 aliphatic heterocycles. The summed E-state index contributed by atoms with van der Waals surface area (Å²) in [7, 11) is 5.00. The zero-order valence-electron chi connectivity index (χ0n) is 26.0. The molecule has 6 rings (SSSR count). The Bertz CT molecular complexity index is 1800. The Hall–Kier alpha value is -4.56. The number of fused-ring (bicyclic) bond motifs is 3. The summed E-state index contributed by atoms with van der Waals surface area (Å²) in [6, 6.07) is 7.46. The van der Waals surface area contributed by atoms with Crippen molar-refractivity contribution in [1.82, 2.24) is 28.9 Å². The fourth-order valence-corrected chi connectivity index (χ4v) is 5.73. The summed E-state index contributed by atoms with van der Waals surface area (Å²) >= 11 is 0. The van der Waals surface area contributed by atoms with E-state index in [1.165, 1.54) is 6.20 Å². The highest BCUT2D eigenvalue weighted by atomic mass is 19.3. The molecule has 1 aliphatic carbocycles. The minimum Gasteiger partial charge on any atom is -0.491 e. The Balaban J connectivity index is 0.000000713. The van der Waals surface area contributed by atoms with E-state index in [4.69, 9.17) is 9.53 Å². The van der Waals surface area contributed by atoms with Crippen LogP contribution in [0.1, 0.15) is 50.9 Å². The first kappa shape index (κ1) is 33.3. The quantitative estimate of drug-likeness (QED) is 0.221. The van der Waals surface area contributed by atoms with E-state index in [9.17, 15) is 18.7 Å². The SMILES string of the molecule is COC.Cc1nn(C(F)F)cc1-c1[nH]c2ncc3c(c2c1-c1ccc(OCC(C)O)cc1)n(C1CCCC1)c(=O)n3C.NC=O. The van der Waals surface area contributed by atoms with E-state index in [0.717, 1.165) is 47.7 Å². The number of amides is 1. The van der Waals surface area contributed by atoms with E-state index in [0.29, 0.717) is 38.5 Å². The molecule has 1 fully saturated rings.